The molecule has 0 radical (unpaired) electrons. The molecule has 15 heavy (non-hydrogen) atoms. The van der Waals surface area contributed by atoms with E-state index in [1.54, 1.807) is 7.11 Å². The molecule has 1 aromatic carbocycles. The predicted octanol–water partition coefficient (Wildman–Crippen LogP) is 1.21. The van der Waals surface area contributed by atoms with Crippen LogP contribution in [0, 0.1) is 0 Å². The van der Waals surface area contributed by atoms with E-state index in [1.165, 1.54) is 5.56 Å². The van der Waals surface area contributed by atoms with Crippen LogP contribution in [0.15, 0.2) is 24.3 Å². The van der Waals surface area contributed by atoms with E-state index in [0.717, 1.165) is 18.6 Å². The first kappa shape index (κ1) is 12.0. The van der Waals surface area contributed by atoms with E-state index in [4.69, 9.17) is 4.74 Å². The number of aliphatic hydroxyl groups excluding tert-OH is 1. The summed E-state index contributed by atoms with van der Waals surface area (Å²) in [5, 5.41) is 12.5. The van der Waals surface area contributed by atoms with E-state index < -0.39 is 0 Å². The van der Waals surface area contributed by atoms with Gasteiger partial charge < -0.3 is 15.2 Å². The molecule has 2 N–H and O–H groups in total. The van der Waals surface area contributed by atoms with Crippen LogP contribution in [0.3, 0.4) is 0 Å². The van der Waals surface area contributed by atoms with Gasteiger partial charge in [-0.25, -0.2) is 0 Å². The smallest absolute Gasteiger partial charge is 0.118 e. The van der Waals surface area contributed by atoms with Crippen molar-refractivity contribution < 1.29 is 9.84 Å². The molecule has 0 aromatic heterocycles. The minimum absolute atomic E-state index is 0.267. The van der Waals surface area contributed by atoms with E-state index >= 15 is 0 Å². The van der Waals surface area contributed by atoms with Crippen molar-refractivity contribution in [3.8, 4) is 5.75 Å². The van der Waals surface area contributed by atoms with Crippen molar-refractivity contribution in [3.63, 3.8) is 0 Å². The van der Waals surface area contributed by atoms with Crippen molar-refractivity contribution in [3.05, 3.63) is 29.8 Å². The van der Waals surface area contributed by atoms with Gasteiger partial charge in [-0.15, -0.1) is 0 Å². The van der Waals surface area contributed by atoms with Gasteiger partial charge >= 0.3 is 0 Å². The zero-order chi connectivity index (χ0) is 11.1. The van der Waals surface area contributed by atoms with E-state index in [9.17, 15) is 5.11 Å². The maximum Gasteiger partial charge on any atom is 0.118 e. The molecule has 0 fully saturated rings. The SMILES string of the molecule is CNCC(O)CCc1ccc(OC)cc1. The average Bonchev–Trinajstić information content (AvgIpc) is 2.27. The summed E-state index contributed by atoms with van der Waals surface area (Å²) in [7, 11) is 3.50. The Morgan fingerprint density at radius 2 is 2.00 bits per heavy atom. The zero-order valence-electron chi connectivity index (χ0n) is 9.36. The summed E-state index contributed by atoms with van der Waals surface area (Å²) >= 11 is 0. The van der Waals surface area contributed by atoms with Crippen LogP contribution in [0.25, 0.3) is 0 Å². The Labute approximate surface area is 91.1 Å². The lowest BCUT2D eigenvalue weighted by Crippen LogP contribution is -2.23. The maximum absolute atomic E-state index is 9.52. The van der Waals surface area contributed by atoms with E-state index in [-0.39, 0.29) is 6.10 Å². The van der Waals surface area contributed by atoms with Gasteiger partial charge in [-0.2, -0.15) is 0 Å². The first-order valence-electron chi connectivity index (χ1n) is 5.22. The fourth-order valence-corrected chi connectivity index (χ4v) is 1.46. The molecule has 0 heterocycles. The monoisotopic (exact) mass is 209 g/mol. The van der Waals surface area contributed by atoms with Gasteiger partial charge in [0, 0.05) is 6.54 Å². The molecule has 84 valence electrons. The number of aryl methyl sites for hydroxylation is 1. The Morgan fingerprint density at radius 3 is 2.53 bits per heavy atom. The lowest BCUT2D eigenvalue weighted by atomic mass is 10.1. The lowest BCUT2D eigenvalue weighted by Gasteiger charge is -2.09. The number of methoxy groups -OCH3 is 1. The van der Waals surface area contributed by atoms with Gasteiger partial charge in [0.1, 0.15) is 5.75 Å². The van der Waals surface area contributed by atoms with Crippen LogP contribution in [0.4, 0.5) is 0 Å². The van der Waals surface area contributed by atoms with Crippen molar-refractivity contribution in [2.45, 2.75) is 18.9 Å². The van der Waals surface area contributed by atoms with Crippen LogP contribution >= 0.6 is 0 Å². The molecular formula is C12H19NO2. The standard InChI is InChI=1S/C12H19NO2/c1-13-9-11(14)6-3-10-4-7-12(15-2)8-5-10/h4-5,7-8,11,13-14H,3,6,9H2,1-2H3. The number of rotatable bonds is 6. The molecule has 3 heteroatoms. The van der Waals surface area contributed by atoms with Crippen molar-refractivity contribution in [2.24, 2.45) is 0 Å². The number of hydrogen-bond donors (Lipinski definition) is 2. The molecule has 1 rings (SSSR count). The number of nitrogens with one attached hydrogen (secondary N) is 1. The topological polar surface area (TPSA) is 41.5 Å². The molecule has 1 aromatic rings. The number of benzene rings is 1. The molecule has 0 aliphatic rings. The highest BCUT2D eigenvalue weighted by Gasteiger charge is 2.02. The molecule has 0 saturated heterocycles. The van der Waals surface area contributed by atoms with Crippen molar-refractivity contribution in [1.82, 2.24) is 5.32 Å². The fraction of sp³-hybridized carbons (Fsp3) is 0.500. The van der Waals surface area contributed by atoms with Gasteiger partial charge in [-0.1, -0.05) is 12.1 Å². The van der Waals surface area contributed by atoms with Gasteiger partial charge in [0.15, 0.2) is 0 Å². The summed E-state index contributed by atoms with van der Waals surface area (Å²) in [4.78, 5) is 0. The maximum atomic E-state index is 9.52. The second-order valence-electron chi connectivity index (χ2n) is 3.60. The van der Waals surface area contributed by atoms with Crippen molar-refractivity contribution in [2.75, 3.05) is 20.7 Å². The van der Waals surface area contributed by atoms with Crippen LogP contribution in [0.1, 0.15) is 12.0 Å². The van der Waals surface area contributed by atoms with Crippen LogP contribution in [-0.2, 0) is 6.42 Å². The number of ether oxygens (including phenoxy) is 1. The summed E-state index contributed by atoms with van der Waals surface area (Å²) in [6.07, 6.45) is 1.41. The molecular weight excluding hydrogens is 190 g/mol. The molecule has 1 atom stereocenters. The van der Waals surface area contributed by atoms with Crippen molar-refractivity contribution >= 4 is 0 Å². The zero-order valence-corrected chi connectivity index (χ0v) is 9.36. The molecule has 0 aliphatic heterocycles. The predicted molar refractivity (Wildman–Crippen MR) is 61.2 cm³/mol. The Hall–Kier alpha value is -1.06. The lowest BCUT2D eigenvalue weighted by molar-refractivity contribution is 0.165. The second-order valence-corrected chi connectivity index (χ2v) is 3.60. The number of hydrogen-bond acceptors (Lipinski definition) is 3. The fourth-order valence-electron chi connectivity index (χ4n) is 1.46. The minimum atomic E-state index is -0.267. The third kappa shape index (κ3) is 4.32. The second kappa shape index (κ2) is 6.43. The summed E-state index contributed by atoms with van der Waals surface area (Å²) < 4.78 is 5.07. The van der Waals surface area contributed by atoms with E-state index in [1.807, 2.05) is 31.3 Å². The van der Waals surface area contributed by atoms with Crippen molar-refractivity contribution in [1.29, 1.82) is 0 Å². The third-order valence-electron chi connectivity index (χ3n) is 2.37. The molecule has 0 amide bonds. The highest BCUT2D eigenvalue weighted by molar-refractivity contribution is 5.27. The van der Waals surface area contributed by atoms with E-state index in [0.29, 0.717) is 6.54 Å². The van der Waals surface area contributed by atoms with Crippen LogP contribution in [0.5, 0.6) is 5.75 Å². The third-order valence-corrected chi connectivity index (χ3v) is 2.37. The molecule has 0 saturated carbocycles. The molecule has 0 bridgehead atoms. The Kier molecular flexibility index (Phi) is 5.15. The first-order valence-corrected chi connectivity index (χ1v) is 5.22. The number of aliphatic hydroxyl groups is 1. The Bertz CT molecular complexity index is 271. The van der Waals surface area contributed by atoms with Crippen LogP contribution in [0.2, 0.25) is 0 Å². The largest absolute Gasteiger partial charge is 0.497 e. The Balaban J connectivity index is 2.37. The summed E-state index contributed by atoms with van der Waals surface area (Å²) in [6, 6.07) is 7.95. The van der Waals surface area contributed by atoms with Gasteiger partial charge in [0.25, 0.3) is 0 Å². The first-order chi connectivity index (χ1) is 7.26. The highest BCUT2D eigenvalue weighted by Crippen LogP contribution is 2.13. The molecule has 1 unspecified atom stereocenters. The van der Waals surface area contributed by atoms with Gasteiger partial charge in [0.2, 0.25) is 0 Å². The summed E-state index contributed by atoms with van der Waals surface area (Å²) in [5.41, 5.74) is 1.23. The molecule has 0 aliphatic carbocycles. The normalized spacial score (nSPS) is 12.5. The van der Waals surface area contributed by atoms with Gasteiger partial charge in [-0.3, -0.25) is 0 Å². The summed E-state index contributed by atoms with van der Waals surface area (Å²) in [5.74, 6) is 0.870. The Morgan fingerprint density at radius 1 is 1.33 bits per heavy atom. The highest BCUT2D eigenvalue weighted by atomic mass is 16.5. The van der Waals surface area contributed by atoms with E-state index in [2.05, 4.69) is 5.32 Å². The average molecular weight is 209 g/mol. The minimum Gasteiger partial charge on any atom is -0.497 e. The van der Waals surface area contributed by atoms with Crippen LogP contribution in [-0.4, -0.2) is 31.9 Å². The quantitative estimate of drug-likeness (QED) is 0.740. The van der Waals surface area contributed by atoms with Gasteiger partial charge in [0.05, 0.1) is 13.2 Å². The molecule has 3 nitrogen and oxygen atoms in total. The molecule has 0 spiro atoms. The van der Waals surface area contributed by atoms with Crippen LogP contribution < -0.4 is 10.1 Å². The number of likely N-dealkylation sites (N-methyl/N-ethyl adjacent to an activating group) is 1. The van der Waals surface area contributed by atoms with Gasteiger partial charge in [-0.05, 0) is 37.6 Å². The summed E-state index contributed by atoms with van der Waals surface area (Å²) in [6.45, 7) is 0.649.